The highest BCUT2D eigenvalue weighted by Crippen LogP contribution is 2.41. The summed E-state index contributed by atoms with van der Waals surface area (Å²) in [5, 5.41) is 19.6. The van der Waals surface area contributed by atoms with E-state index in [1.54, 1.807) is 6.07 Å². The van der Waals surface area contributed by atoms with E-state index in [1.165, 1.54) is 31.5 Å². The molecule has 1 heterocycles. The monoisotopic (exact) mass is 247 g/mol. The van der Waals surface area contributed by atoms with E-state index in [4.69, 9.17) is 0 Å². The summed E-state index contributed by atoms with van der Waals surface area (Å²) in [6.45, 7) is 4.60. The Kier molecular flexibility index (Phi) is 2.94. The fraction of sp³-hybridized carbons (Fsp3) is 0.600. The van der Waals surface area contributed by atoms with Crippen LogP contribution < -0.4 is 0 Å². The molecule has 2 aliphatic rings. The van der Waals surface area contributed by atoms with Gasteiger partial charge in [-0.05, 0) is 56.3 Å². The zero-order chi connectivity index (χ0) is 12.7. The van der Waals surface area contributed by atoms with E-state index in [0.29, 0.717) is 12.0 Å². The van der Waals surface area contributed by atoms with E-state index in [-0.39, 0.29) is 11.5 Å². The van der Waals surface area contributed by atoms with Crippen LogP contribution in [0.1, 0.15) is 30.9 Å². The molecule has 1 aromatic carbocycles. The molecule has 0 aromatic heterocycles. The average molecular weight is 247 g/mol. The molecule has 3 heteroatoms. The first-order chi connectivity index (χ1) is 8.70. The molecule has 3 nitrogen and oxygen atoms in total. The Labute approximate surface area is 108 Å². The summed E-state index contributed by atoms with van der Waals surface area (Å²) in [4.78, 5) is 2.59. The molecule has 0 unspecified atom stereocenters. The zero-order valence-corrected chi connectivity index (χ0v) is 10.9. The maximum absolute atomic E-state index is 9.97. The lowest BCUT2D eigenvalue weighted by Gasteiger charge is -2.33. The summed E-state index contributed by atoms with van der Waals surface area (Å²) in [5.74, 6) is 0.784. The second-order valence-corrected chi connectivity index (χ2v) is 5.63. The van der Waals surface area contributed by atoms with Gasteiger partial charge in [-0.15, -0.1) is 0 Å². The Morgan fingerprint density at radius 2 is 2.11 bits per heavy atom. The maximum Gasteiger partial charge on any atom is 0.160 e. The smallest absolute Gasteiger partial charge is 0.160 e. The molecule has 3 rings (SSSR count). The molecular weight excluding hydrogens is 226 g/mol. The molecule has 1 aliphatic heterocycles. The van der Waals surface area contributed by atoms with Crippen molar-refractivity contribution in [1.29, 1.82) is 0 Å². The third kappa shape index (κ3) is 1.77. The predicted octanol–water partition coefficient (Wildman–Crippen LogP) is 2.30. The van der Waals surface area contributed by atoms with Crippen molar-refractivity contribution in [3.05, 3.63) is 23.3 Å². The van der Waals surface area contributed by atoms with Crippen LogP contribution in [0.4, 0.5) is 0 Å². The Bertz CT molecular complexity index is 458. The molecule has 0 radical (unpaired) electrons. The molecule has 1 fully saturated rings. The number of hydrogen-bond acceptors (Lipinski definition) is 3. The maximum atomic E-state index is 9.97. The summed E-state index contributed by atoms with van der Waals surface area (Å²) < 4.78 is 0. The molecule has 18 heavy (non-hydrogen) atoms. The standard InChI is InChI=1S/C15H21NO2/c1-2-6-16-7-5-11-8-12-10(9-13(11)16)3-4-14(17)15(12)18/h3-4,11,13,17-18H,2,5-9H2,1H3/t11-,13-/m1/s1. The van der Waals surface area contributed by atoms with Crippen LogP contribution in [0.3, 0.4) is 0 Å². The lowest BCUT2D eigenvalue weighted by atomic mass is 9.80. The lowest BCUT2D eigenvalue weighted by Crippen LogP contribution is -2.38. The highest BCUT2D eigenvalue weighted by molar-refractivity contribution is 5.50. The third-order valence-electron chi connectivity index (χ3n) is 4.56. The summed E-state index contributed by atoms with van der Waals surface area (Å²) in [6.07, 6.45) is 4.37. The average Bonchev–Trinajstić information content (AvgIpc) is 2.76. The molecule has 0 amide bonds. The number of likely N-dealkylation sites (tertiary alicyclic amines) is 1. The van der Waals surface area contributed by atoms with Gasteiger partial charge >= 0.3 is 0 Å². The number of benzene rings is 1. The van der Waals surface area contributed by atoms with Gasteiger partial charge in [-0.1, -0.05) is 13.0 Å². The van der Waals surface area contributed by atoms with E-state index >= 15 is 0 Å². The van der Waals surface area contributed by atoms with Crippen molar-refractivity contribution in [1.82, 2.24) is 4.90 Å². The topological polar surface area (TPSA) is 43.7 Å². The summed E-state index contributed by atoms with van der Waals surface area (Å²) in [7, 11) is 0. The quantitative estimate of drug-likeness (QED) is 0.788. The highest BCUT2D eigenvalue weighted by atomic mass is 16.3. The molecule has 1 aliphatic carbocycles. The van der Waals surface area contributed by atoms with Crippen molar-refractivity contribution in [3.8, 4) is 11.5 Å². The Balaban J connectivity index is 1.90. The molecule has 2 atom stereocenters. The van der Waals surface area contributed by atoms with Crippen molar-refractivity contribution in [3.63, 3.8) is 0 Å². The lowest BCUT2D eigenvalue weighted by molar-refractivity contribution is 0.214. The van der Waals surface area contributed by atoms with Crippen molar-refractivity contribution in [2.24, 2.45) is 5.92 Å². The number of fused-ring (bicyclic) bond motifs is 2. The van der Waals surface area contributed by atoms with E-state index < -0.39 is 0 Å². The zero-order valence-electron chi connectivity index (χ0n) is 10.9. The van der Waals surface area contributed by atoms with E-state index in [9.17, 15) is 10.2 Å². The fourth-order valence-electron chi connectivity index (χ4n) is 3.66. The van der Waals surface area contributed by atoms with Crippen LogP contribution in [0.2, 0.25) is 0 Å². The van der Waals surface area contributed by atoms with Gasteiger partial charge in [-0.2, -0.15) is 0 Å². The van der Waals surface area contributed by atoms with E-state index in [2.05, 4.69) is 11.8 Å². The first kappa shape index (κ1) is 11.8. The van der Waals surface area contributed by atoms with Crippen LogP contribution in [0.15, 0.2) is 12.1 Å². The highest BCUT2D eigenvalue weighted by Gasteiger charge is 2.38. The summed E-state index contributed by atoms with van der Waals surface area (Å²) >= 11 is 0. The van der Waals surface area contributed by atoms with Gasteiger partial charge in [0, 0.05) is 11.6 Å². The van der Waals surface area contributed by atoms with Gasteiger partial charge in [-0.3, -0.25) is 4.90 Å². The van der Waals surface area contributed by atoms with Crippen LogP contribution in [-0.2, 0) is 12.8 Å². The van der Waals surface area contributed by atoms with Crippen LogP contribution in [-0.4, -0.2) is 34.2 Å². The predicted molar refractivity (Wildman–Crippen MR) is 70.9 cm³/mol. The molecular formula is C15H21NO2. The van der Waals surface area contributed by atoms with Crippen molar-refractivity contribution in [2.75, 3.05) is 13.1 Å². The van der Waals surface area contributed by atoms with Crippen LogP contribution in [0.25, 0.3) is 0 Å². The Morgan fingerprint density at radius 3 is 2.89 bits per heavy atom. The molecule has 0 spiro atoms. The Hall–Kier alpha value is -1.22. The number of nitrogens with zero attached hydrogens (tertiary/aromatic N) is 1. The SMILES string of the molecule is CCCN1CC[C@@H]2Cc3c(ccc(O)c3O)C[C@H]21. The number of phenolic OH excluding ortho intramolecular Hbond substituents is 2. The van der Waals surface area contributed by atoms with Crippen molar-refractivity contribution >= 4 is 0 Å². The van der Waals surface area contributed by atoms with E-state index in [0.717, 1.165) is 18.4 Å². The molecule has 1 saturated heterocycles. The minimum absolute atomic E-state index is 0.0237. The van der Waals surface area contributed by atoms with Crippen molar-refractivity contribution < 1.29 is 10.2 Å². The minimum atomic E-state index is 0.0237. The second kappa shape index (κ2) is 4.47. The third-order valence-corrected chi connectivity index (χ3v) is 4.56. The molecule has 1 aromatic rings. The molecule has 98 valence electrons. The fourth-order valence-corrected chi connectivity index (χ4v) is 3.66. The number of rotatable bonds is 2. The van der Waals surface area contributed by atoms with Crippen molar-refractivity contribution in [2.45, 2.75) is 38.6 Å². The minimum Gasteiger partial charge on any atom is -0.504 e. The Morgan fingerprint density at radius 1 is 1.28 bits per heavy atom. The molecule has 0 saturated carbocycles. The largest absolute Gasteiger partial charge is 0.504 e. The normalized spacial score (nSPS) is 26.9. The van der Waals surface area contributed by atoms with E-state index in [1.807, 2.05) is 6.07 Å². The number of phenols is 2. The van der Waals surface area contributed by atoms with Gasteiger partial charge in [-0.25, -0.2) is 0 Å². The summed E-state index contributed by atoms with van der Waals surface area (Å²) in [6, 6.07) is 4.23. The van der Waals surface area contributed by atoms with Gasteiger partial charge in [0.1, 0.15) is 0 Å². The van der Waals surface area contributed by atoms with Gasteiger partial charge in [0.25, 0.3) is 0 Å². The first-order valence-corrected chi connectivity index (χ1v) is 6.97. The number of aromatic hydroxyl groups is 2. The van der Waals surface area contributed by atoms with Gasteiger partial charge < -0.3 is 10.2 Å². The van der Waals surface area contributed by atoms with Crippen LogP contribution in [0, 0.1) is 5.92 Å². The van der Waals surface area contributed by atoms with Gasteiger partial charge in [0.15, 0.2) is 11.5 Å². The second-order valence-electron chi connectivity index (χ2n) is 5.63. The molecule has 0 bridgehead atoms. The summed E-state index contributed by atoms with van der Waals surface area (Å²) in [5.41, 5.74) is 2.20. The first-order valence-electron chi connectivity index (χ1n) is 6.97. The van der Waals surface area contributed by atoms with Gasteiger partial charge in [0.2, 0.25) is 0 Å². The van der Waals surface area contributed by atoms with Crippen LogP contribution >= 0.6 is 0 Å². The number of hydrogen-bond donors (Lipinski definition) is 2. The molecule has 2 N–H and O–H groups in total. The van der Waals surface area contributed by atoms with Gasteiger partial charge in [0.05, 0.1) is 0 Å². The van der Waals surface area contributed by atoms with Crippen LogP contribution in [0.5, 0.6) is 11.5 Å².